The first-order valence-electron chi connectivity index (χ1n) is 3.78. The first-order chi connectivity index (χ1) is 5.83. The zero-order chi connectivity index (χ0) is 8.55. The Hall–Kier alpha value is -1.57. The number of rotatable bonds is 1. The molecule has 0 aromatic carbocycles. The molecule has 2 rings (SSSR count). The predicted octanol–water partition coefficient (Wildman–Crippen LogP) is -0.537. The van der Waals surface area contributed by atoms with Crippen molar-refractivity contribution in [3.05, 3.63) is 35.6 Å². The Morgan fingerprint density at radius 2 is 2.42 bits per heavy atom. The number of nitrogens with one attached hydrogen (secondary N) is 1. The molecule has 2 aliphatic heterocycles. The Morgan fingerprint density at radius 1 is 1.58 bits per heavy atom. The van der Waals surface area contributed by atoms with E-state index in [1.54, 1.807) is 12.3 Å². The fourth-order valence-corrected chi connectivity index (χ4v) is 1.40. The molecule has 0 aromatic heterocycles. The molecule has 0 spiro atoms. The largest absolute Gasteiger partial charge is 0.360 e. The van der Waals surface area contributed by atoms with Gasteiger partial charge in [-0.25, -0.2) is 0 Å². The van der Waals surface area contributed by atoms with Crippen LogP contribution in [0.2, 0.25) is 0 Å². The van der Waals surface area contributed by atoms with Crippen molar-refractivity contribution in [1.82, 2.24) is 9.98 Å². The SMILES string of the molecule is C=C/C=C1/C2=C(C=[N+]=C2)NC1N. The molecule has 12 heavy (non-hydrogen) atoms. The van der Waals surface area contributed by atoms with Gasteiger partial charge in [0.2, 0.25) is 0 Å². The Balaban J connectivity index is 2.41. The fraction of sp³-hybridized carbons (Fsp3) is 0.111. The van der Waals surface area contributed by atoms with Gasteiger partial charge in [-0.2, -0.15) is 0 Å². The number of nitrogens with zero attached hydrogens (tertiary/aromatic N) is 1. The summed E-state index contributed by atoms with van der Waals surface area (Å²) in [5.74, 6) is 0. The van der Waals surface area contributed by atoms with E-state index < -0.39 is 0 Å². The topological polar surface area (TPSA) is 52.2 Å². The number of hydrogen-bond donors (Lipinski definition) is 2. The van der Waals surface area contributed by atoms with E-state index in [9.17, 15) is 0 Å². The van der Waals surface area contributed by atoms with Crippen LogP contribution >= 0.6 is 0 Å². The molecule has 0 aliphatic carbocycles. The highest BCUT2D eigenvalue weighted by molar-refractivity contribution is 6.02. The normalized spacial score (nSPS) is 28.1. The van der Waals surface area contributed by atoms with E-state index in [0.29, 0.717) is 0 Å². The van der Waals surface area contributed by atoms with Gasteiger partial charge in [0, 0.05) is 5.57 Å². The van der Waals surface area contributed by atoms with Crippen molar-refractivity contribution in [1.29, 1.82) is 0 Å². The van der Waals surface area contributed by atoms with Crippen molar-refractivity contribution in [3.8, 4) is 0 Å². The van der Waals surface area contributed by atoms with Crippen molar-refractivity contribution in [2.75, 3.05) is 0 Å². The highest BCUT2D eigenvalue weighted by Crippen LogP contribution is 2.20. The maximum atomic E-state index is 5.80. The molecule has 0 saturated carbocycles. The molecule has 60 valence electrons. The van der Waals surface area contributed by atoms with Crippen LogP contribution < -0.4 is 15.7 Å². The van der Waals surface area contributed by atoms with Crippen molar-refractivity contribution < 1.29 is 0 Å². The van der Waals surface area contributed by atoms with Crippen LogP contribution in [-0.4, -0.2) is 18.6 Å². The highest BCUT2D eigenvalue weighted by atomic mass is 15.1. The summed E-state index contributed by atoms with van der Waals surface area (Å²) in [7, 11) is 0. The van der Waals surface area contributed by atoms with Crippen molar-refractivity contribution in [3.63, 3.8) is 0 Å². The van der Waals surface area contributed by atoms with E-state index in [4.69, 9.17) is 5.73 Å². The van der Waals surface area contributed by atoms with E-state index >= 15 is 0 Å². The number of hydrogen-bond acceptors (Lipinski definition) is 2. The molecule has 0 saturated heterocycles. The summed E-state index contributed by atoms with van der Waals surface area (Å²) >= 11 is 0. The lowest BCUT2D eigenvalue weighted by molar-refractivity contribution is 0.729. The average Bonchev–Trinajstić information content (AvgIpc) is 2.56. The maximum Gasteiger partial charge on any atom is 0.316 e. The summed E-state index contributed by atoms with van der Waals surface area (Å²) in [5.41, 5.74) is 8.95. The smallest absolute Gasteiger partial charge is 0.316 e. The molecule has 1 unspecified atom stereocenters. The van der Waals surface area contributed by atoms with Crippen LogP contribution in [0.15, 0.2) is 35.6 Å². The Kier molecular flexibility index (Phi) is 1.47. The van der Waals surface area contributed by atoms with Crippen LogP contribution in [-0.2, 0) is 0 Å². The molecule has 2 aliphatic rings. The first-order valence-corrected chi connectivity index (χ1v) is 3.78. The summed E-state index contributed by atoms with van der Waals surface area (Å²) in [6.45, 7) is 3.64. The molecular weight excluding hydrogens is 150 g/mol. The molecular formula is C9H10N3+. The zero-order valence-electron chi connectivity index (χ0n) is 6.62. The summed E-state index contributed by atoms with van der Waals surface area (Å²) in [6, 6.07) is 0. The van der Waals surface area contributed by atoms with Crippen LogP contribution in [0.4, 0.5) is 0 Å². The van der Waals surface area contributed by atoms with Gasteiger partial charge in [0.05, 0.1) is 5.57 Å². The monoisotopic (exact) mass is 160 g/mol. The van der Waals surface area contributed by atoms with Crippen LogP contribution in [0.1, 0.15) is 0 Å². The van der Waals surface area contributed by atoms with Crippen LogP contribution in [0, 0.1) is 0 Å². The van der Waals surface area contributed by atoms with E-state index in [-0.39, 0.29) is 6.17 Å². The molecule has 3 heteroatoms. The minimum atomic E-state index is -0.115. The number of nitrogens with two attached hydrogens (primary N) is 1. The van der Waals surface area contributed by atoms with Gasteiger partial charge in [0.1, 0.15) is 11.9 Å². The third-order valence-electron chi connectivity index (χ3n) is 1.95. The molecule has 0 fully saturated rings. The van der Waals surface area contributed by atoms with E-state index in [1.165, 1.54) is 0 Å². The molecule has 3 N–H and O–H groups in total. The minimum Gasteiger partial charge on any atom is -0.360 e. The summed E-state index contributed by atoms with van der Waals surface area (Å²) in [6.07, 6.45) is 7.12. The third kappa shape index (κ3) is 0.848. The highest BCUT2D eigenvalue weighted by Gasteiger charge is 2.30. The van der Waals surface area contributed by atoms with Crippen molar-refractivity contribution in [2.24, 2.45) is 5.73 Å². The van der Waals surface area contributed by atoms with Gasteiger partial charge in [-0.1, -0.05) is 23.4 Å². The van der Waals surface area contributed by atoms with Gasteiger partial charge in [0.25, 0.3) is 0 Å². The third-order valence-corrected chi connectivity index (χ3v) is 1.95. The van der Waals surface area contributed by atoms with Gasteiger partial charge in [-0.05, 0) is 0 Å². The van der Waals surface area contributed by atoms with Gasteiger partial charge in [-0.15, -0.1) is 0 Å². The first kappa shape index (κ1) is 7.10. The molecule has 2 heterocycles. The lowest BCUT2D eigenvalue weighted by atomic mass is 10.1. The van der Waals surface area contributed by atoms with Crippen molar-refractivity contribution >= 4 is 12.4 Å². The van der Waals surface area contributed by atoms with E-state index in [2.05, 4.69) is 16.6 Å². The molecule has 0 radical (unpaired) electrons. The summed E-state index contributed by atoms with van der Waals surface area (Å²) in [4.78, 5) is 0. The average molecular weight is 160 g/mol. The Morgan fingerprint density at radius 3 is 3.17 bits per heavy atom. The quantitative estimate of drug-likeness (QED) is 0.506. The second-order valence-electron chi connectivity index (χ2n) is 2.71. The molecule has 0 amide bonds. The minimum absolute atomic E-state index is 0.115. The predicted molar refractivity (Wildman–Crippen MR) is 50.7 cm³/mol. The second-order valence-corrected chi connectivity index (χ2v) is 2.71. The standard InChI is InChI=1S/C9H9N3/c1-2-3-6-7-4-11-5-8(7)12-9(6)10/h2-5,9H,1,10H2/p+1/b6-3-. The van der Waals surface area contributed by atoms with Gasteiger partial charge < -0.3 is 11.1 Å². The molecule has 3 nitrogen and oxygen atoms in total. The van der Waals surface area contributed by atoms with Crippen LogP contribution in [0.3, 0.4) is 0 Å². The van der Waals surface area contributed by atoms with Gasteiger partial charge in [-0.3, -0.25) is 0 Å². The lowest BCUT2D eigenvalue weighted by Gasteiger charge is -2.05. The zero-order valence-corrected chi connectivity index (χ0v) is 6.62. The van der Waals surface area contributed by atoms with Crippen molar-refractivity contribution in [2.45, 2.75) is 6.17 Å². The van der Waals surface area contributed by atoms with E-state index in [1.807, 2.05) is 12.3 Å². The molecule has 1 atom stereocenters. The van der Waals surface area contributed by atoms with Crippen LogP contribution in [0.25, 0.3) is 0 Å². The molecule has 0 bridgehead atoms. The lowest BCUT2D eigenvalue weighted by Crippen LogP contribution is -2.33. The molecule has 0 aromatic rings. The maximum absolute atomic E-state index is 5.80. The van der Waals surface area contributed by atoms with E-state index in [0.717, 1.165) is 16.8 Å². The van der Waals surface area contributed by atoms with Gasteiger partial charge in [0.15, 0.2) is 0 Å². The van der Waals surface area contributed by atoms with Crippen LogP contribution in [0.5, 0.6) is 0 Å². The Bertz CT molecular complexity index is 354. The Labute approximate surface area is 70.7 Å². The second kappa shape index (κ2) is 2.48. The number of allylic oxidation sites excluding steroid dienone is 3. The van der Waals surface area contributed by atoms with Gasteiger partial charge >= 0.3 is 12.4 Å². The summed E-state index contributed by atoms with van der Waals surface area (Å²) < 4.78 is 4.02. The summed E-state index contributed by atoms with van der Waals surface area (Å²) in [5, 5.41) is 3.11. The fourth-order valence-electron chi connectivity index (χ4n) is 1.40.